The Balaban J connectivity index is 1.56. The van der Waals surface area contributed by atoms with Crippen LogP contribution in [0.5, 0.6) is 5.75 Å². The number of hydrogen-bond acceptors (Lipinski definition) is 6. The fraction of sp³-hybridized carbons (Fsp3) is 0.409. The molecule has 32 heavy (non-hydrogen) atoms. The zero-order valence-electron chi connectivity index (χ0n) is 18.2. The third-order valence-corrected chi connectivity index (χ3v) is 7.30. The van der Waals surface area contributed by atoms with E-state index < -0.39 is 22.0 Å². The third kappa shape index (κ3) is 5.83. The van der Waals surface area contributed by atoms with Gasteiger partial charge in [0.1, 0.15) is 11.8 Å². The number of amides is 2. The minimum atomic E-state index is -3.72. The normalized spacial score (nSPS) is 17.9. The van der Waals surface area contributed by atoms with Crippen LogP contribution in [-0.4, -0.2) is 55.8 Å². The Morgan fingerprint density at radius 3 is 2.53 bits per heavy atom. The van der Waals surface area contributed by atoms with Crippen LogP contribution in [0.4, 0.5) is 0 Å². The summed E-state index contributed by atoms with van der Waals surface area (Å²) in [5.74, 6) is -0.594. The second-order valence-electron chi connectivity index (χ2n) is 7.68. The van der Waals surface area contributed by atoms with Crippen molar-refractivity contribution in [3.63, 3.8) is 0 Å². The van der Waals surface area contributed by atoms with Crippen LogP contribution in [0.2, 0.25) is 0 Å². The van der Waals surface area contributed by atoms with Crippen molar-refractivity contribution in [1.29, 1.82) is 0 Å². The van der Waals surface area contributed by atoms with Crippen LogP contribution in [0.15, 0.2) is 53.7 Å². The van der Waals surface area contributed by atoms with Gasteiger partial charge in [-0.1, -0.05) is 0 Å². The highest BCUT2D eigenvalue weighted by molar-refractivity contribution is 7.89. The van der Waals surface area contributed by atoms with Crippen LogP contribution < -0.4 is 15.4 Å². The van der Waals surface area contributed by atoms with E-state index in [1.165, 1.54) is 23.5 Å². The molecule has 0 unspecified atom stereocenters. The fourth-order valence-electron chi connectivity index (χ4n) is 3.51. The van der Waals surface area contributed by atoms with Gasteiger partial charge in [0.2, 0.25) is 21.8 Å². The van der Waals surface area contributed by atoms with Crippen molar-refractivity contribution >= 4 is 21.8 Å². The Bertz CT molecular complexity index is 1030. The predicted molar refractivity (Wildman–Crippen MR) is 118 cm³/mol. The summed E-state index contributed by atoms with van der Waals surface area (Å²) in [5, 5.41) is 5.48. The SMILES string of the molecule is COc1ccc(S(=O)(=O)N2CCC[C@@H](C(=O)N[C@H](C)C(=O)NCc3ccncc3)C2)cc1. The fourth-order valence-corrected chi connectivity index (χ4v) is 5.04. The number of sulfonamides is 1. The summed E-state index contributed by atoms with van der Waals surface area (Å²) in [4.78, 5) is 29.2. The minimum absolute atomic E-state index is 0.0750. The van der Waals surface area contributed by atoms with Gasteiger partial charge in [0, 0.05) is 32.0 Å². The molecule has 1 aliphatic heterocycles. The van der Waals surface area contributed by atoms with Crippen LogP contribution in [0.25, 0.3) is 0 Å². The number of carbonyl (C=O) groups is 2. The summed E-state index contributed by atoms with van der Waals surface area (Å²) in [5.41, 5.74) is 0.901. The van der Waals surface area contributed by atoms with Crippen molar-refractivity contribution in [3.8, 4) is 5.75 Å². The zero-order valence-corrected chi connectivity index (χ0v) is 19.0. The molecule has 0 saturated carbocycles. The molecule has 0 radical (unpaired) electrons. The molecule has 0 aliphatic carbocycles. The number of pyridine rings is 1. The van der Waals surface area contributed by atoms with Crippen molar-refractivity contribution in [1.82, 2.24) is 19.9 Å². The summed E-state index contributed by atoms with van der Waals surface area (Å²) in [6.07, 6.45) is 4.41. The quantitative estimate of drug-likeness (QED) is 0.613. The first-order valence-corrected chi connectivity index (χ1v) is 11.9. The van der Waals surface area contributed by atoms with Gasteiger partial charge in [-0.3, -0.25) is 14.6 Å². The van der Waals surface area contributed by atoms with Crippen molar-refractivity contribution in [2.75, 3.05) is 20.2 Å². The van der Waals surface area contributed by atoms with E-state index in [9.17, 15) is 18.0 Å². The molecular weight excluding hydrogens is 432 g/mol. The second kappa shape index (κ2) is 10.6. The van der Waals surface area contributed by atoms with E-state index in [-0.39, 0.29) is 23.3 Å². The molecule has 1 saturated heterocycles. The summed E-state index contributed by atoms with van der Waals surface area (Å²) in [7, 11) is -2.21. The van der Waals surface area contributed by atoms with E-state index in [4.69, 9.17) is 4.74 Å². The lowest BCUT2D eigenvalue weighted by atomic mass is 9.98. The molecule has 0 spiro atoms. The molecular formula is C22H28N4O5S. The molecule has 1 fully saturated rings. The topological polar surface area (TPSA) is 118 Å². The number of hydrogen-bond donors (Lipinski definition) is 2. The van der Waals surface area contributed by atoms with Crippen LogP contribution >= 0.6 is 0 Å². The van der Waals surface area contributed by atoms with Crippen molar-refractivity contribution < 1.29 is 22.7 Å². The molecule has 9 nitrogen and oxygen atoms in total. The summed E-state index contributed by atoms with van der Waals surface area (Å²) >= 11 is 0. The van der Waals surface area contributed by atoms with Gasteiger partial charge in [-0.05, 0) is 61.7 Å². The summed E-state index contributed by atoms with van der Waals surface area (Å²) in [6.45, 7) is 2.36. The number of aromatic nitrogens is 1. The number of nitrogens with one attached hydrogen (secondary N) is 2. The van der Waals surface area contributed by atoms with Gasteiger partial charge in [0.05, 0.1) is 17.9 Å². The van der Waals surface area contributed by atoms with E-state index in [0.717, 1.165) is 5.56 Å². The molecule has 2 atom stereocenters. The van der Waals surface area contributed by atoms with E-state index in [1.54, 1.807) is 43.6 Å². The third-order valence-electron chi connectivity index (χ3n) is 5.42. The van der Waals surface area contributed by atoms with Gasteiger partial charge >= 0.3 is 0 Å². The number of ether oxygens (including phenoxy) is 1. The summed E-state index contributed by atoms with van der Waals surface area (Å²) < 4.78 is 32.4. The highest BCUT2D eigenvalue weighted by Gasteiger charge is 2.34. The lowest BCUT2D eigenvalue weighted by Gasteiger charge is -2.31. The molecule has 0 bridgehead atoms. The lowest BCUT2D eigenvalue weighted by Crippen LogP contribution is -2.50. The van der Waals surface area contributed by atoms with Crippen molar-refractivity contribution in [2.24, 2.45) is 5.92 Å². The average molecular weight is 461 g/mol. The molecule has 2 N–H and O–H groups in total. The Kier molecular flexibility index (Phi) is 7.81. The molecule has 3 rings (SSSR count). The number of benzene rings is 1. The number of nitrogens with zero attached hydrogens (tertiary/aromatic N) is 2. The van der Waals surface area contributed by atoms with Crippen molar-refractivity contribution in [3.05, 3.63) is 54.4 Å². The predicted octanol–water partition coefficient (Wildman–Crippen LogP) is 1.31. The van der Waals surface area contributed by atoms with E-state index >= 15 is 0 Å². The first-order chi connectivity index (χ1) is 15.3. The largest absolute Gasteiger partial charge is 0.497 e. The average Bonchev–Trinajstić information content (AvgIpc) is 2.83. The van der Waals surface area contributed by atoms with E-state index in [2.05, 4.69) is 15.6 Å². The lowest BCUT2D eigenvalue weighted by molar-refractivity contribution is -0.131. The second-order valence-corrected chi connectivity index (χ2v) is 9.62. The number of rotatable bonds is 8. The van der Waals surface area contributed by atoms with E-state index in [1.807, 2.05) is 0 Å². The summed E-state index contributed by atoms with van der Waals surface area (Å²) in [6, 6.07) is 9.02. The molecule has 1 aromatic carbocycles. The zero-order chi connectivity index (χ0) is 23.1. The standard InChI is InChI=1S/C22H28N4O5S/c1-16(21(27)24-14-17-9-11-23-12-10-17)25-22(28)18-4-3-13-26(15-18)32(29,30)20-7-5-19(31-2)6-8-20/h5-12,16,18H,3-4,13-15H2,1-2H3,(H,24,27)(H,25,28)/t16-,18-/m1/s1. The Morgan fingerprint density at radius 1 is 1.19 bits per heavy atom. The molecule has 172 valence electrons. The van der Waals surface area contributed by atoms with Gasteiger partial charge < -0.3 is 15.4 Å². The molecule has 2 amide bonds. The Hall–Kier alpha value is -2.98. The highest BCUT2D eigenvalue weighted by Crippen LogP contribution is 2.25. The first kappa shape index (κ1) is 23.7. The Morgan fingerprint density at radius 2 is 1.88 bits per heavy atom. The maximum absolute atomic E-state index is 13.0. The molecule has 2 heterocycles. The molecule has 2 aromatic rings. The monoisotopic (exact) mass is 460 g/mol. The number of piperidine rings is 1. The van der Waals surface area contributed by atoms with Crippen LogP contribution in [-0.2, 0) is 26.2 Å². The smallest absolute Gasteiger partial charge is 0.243 e. The minimum Gasteiger partial charge on any atom is -0.497 e. The van der Waals surface area contributed by atoms with Gasteiger partial charge in [-0.2, -0.15) is 4.31 Å². The molecule has 1 aromatic heterocycles. The van der Waals surface area contributed by atoms with Gasteiger partial charge in [0.25, 0.3) is 0 Å². The number of carbonyl (C=O) groups excluding carboxylic acids is 2. The van der Waals surface area contributed by atoms with E-state index in [0.29, 0.717) is 31.7 Å². The van der Waals surface area contributed by atoms with Crippen LogP contribution in [0.1, 0.15) is 25.3 Å². The highest BCUT2D eigenvalue weighted by atomic mass is 32.2. The van der Waals surface area contributed by atoms with Crippen molar-refractivity contribution in [2.45, 2.75) is 37.2 Å². The number of methoxy groups -OCH3 is 1. The Labute approximate surface area is 188 Å². The van der Waals surface area contributed by atoms with Crippen LogP contribution in [0.3, 0.4) is 0 Å². The van der Waals surface area contributed by atoms with Crippen LogP contribution in [0, 0.1) is 5.92 Å². The van der Waals surface area contributed by atoms with Gasteiger partial charge in [-0.15, -0.1) is 0 Å². The molecule has 1 aliphatic rings. The molecule has 10 heteroatoms. The first-order valence-electron chi connectivity index (χ1n) is 10.4. The maximum Gasteiger partial charge on any atom is 0.243 e. The van der Waals surface area contributed by atoms with Gasteiger partial charge in [0.15, 0.2) is 0 Å². The van der Waals surface area contributed by atoms with Gasteiger partial charge in [-0.25, -0.2) is 8.42 Å². The maximum atomic E-state index is 13.0.